The molecule has 0 bridgehead atoms. The molecule has 0 fully saturated rings. The molecule has 0 aliphatic carbocycles. The monoisotopic (exact) mass is 246 g/mol. The van der Waals surface area contributed by atoms with Gasteiger partial charge in [0.15, 0.2) is 0 Å². The molecule has 0 radical (unpaired) electrons. The van der Waals surface area contributed by atoms with Gasteiger partial charge in [0, 0.05) is 29.4 Å². The fourth-order valence-electron chi connectivity index (χ4n) is 1.78. The minimum atomic E-state index is -0.337. The second-order valence-electron chi connectivity index (χ2n) is 4.20. The van der Waals surface area contributed by atoms with Gasteiger partial charge in [-0.05, 0) is 24.6 Å². The predicted molar refractivity (Wildman–Crippen MR) is 67.9 cm³/mol. The zero-order valence-corrected chi connectivity index (χ0v) is 10.3. The Hall–Kier alpha value is -1.97. The van der Waals surface area contributed by atoms with Crippen molar-refractivity contribution in [1.29, 1.82) is 0 Å². The summed E-state index contributed by atoms with van der Waals surface area (Å²) in [5, 5.41) is 4.19. The molecule has 94 valence electrons. The maximum Gasteiger partial charge on any atom is 0.150 e. The van der Waals surface area contributed by atoms with Crippen molar-refractivity contribution in [3.8, 4) is 11.1 Å². The number of rotatable bonds is 5. The number of carbonyl (C=O) groups excluding carboxylic acids is 1. The van der Waals surface area contributed by atoms with E-state index in [-0.39, 0.29) is 5.82 Å². The number of aryl methyl sites for hydroxylation is 1. The van der Waals surface area contributed by atoms with Gasteiger partial charge in [0.25, 0.3) is 0 Å². The number of aromatic nitrogens is 2. The summed E-state index contributed by atoms with van der Waals surface area (Å²) in [5.41, 5.74) is 1.59. The van der Waals surface area contributed by atoms with E-state index >= 15 is 0 Å². The fourth-order valence-corrected chi connectivity index (χ4v) is 1.78. The fraction of sp³-hybridized carbons (Fsp3) is 0.286. The van der Waals surface area contributed by atoms with E-state index in [9.17, 15) is 9.18 Å². The van der Waals surface area contributed by atoms with Gasteiger partial charge in [0.05, 0.1) is 6.20 Å². The number of benzene rings is 1. The van der Waals surface area contributed by atoms with Crippen LogP contribution >= 0.6 is 0 Å². The minimum absolute atomic E-state index is 0.337. The third kappa shape index (κ3) is 2.64. The van der Waals surface area contributed by atoms with E-state index in [1.165, 1.54) is 12.1 Å². The van der Waals surface area contributed by atoms with E-state index in [4.69, 9.17) is 0 Å². The van der Waals surface area contributed by atoms with Crippen LogP contribution < -0.4 is 0 Å². The van der Waals surface area contributed by atoms with E-state index in [0.29, 0.717) is 23.0 Å². The summed E-state index contributed by atoms with van der Waals surface area (Å²) < 4.78 is 15.5. The molecule has 1 aromatic heterocycles. The summed E-state index contributed by atoms with van der Waals surface area (Å²) in [4.78, 5) is 10.7. The first-order chi connectivity index (χ1) is 8.74. The van der Waals surface area contributed by atoms with Crippen LogP contribution in [0.5, 0.6) is 0 Å². The number of aldehydes is 1. The average Bonchev–Trinajstić information content (AvgIpc) is 2.85. The third-order valence-electron chi connectivity index (χ3n) is 2.81. The van der Waals surface area contributed by atoms with E-state index in [1.54, 1.807) is 16.9 Å². The standard InChI is InChI=1S/C14H15FN2O/c1-2-3-6-17-9-12(8-16-17)13-7-11(10-18)4-5-14(13)15/h4-5,7-10H,2-3,6H2,1H3. The minimum Gasteiger partial charge on any atom is -0.298 e. The van der Waals surface area contributed by atoms with Gasteiger partial charge in [-0.1, -0.05) is 13.3 Å². The van der Waals surface area contributed by atoms with E-state index in [0.717, 1.165) is 19.4 Å². The van der Waals surface area contributed by atoms with Crippen molar-refractivity contribution in [1.82, 2.24) is 9.78 Å². The Balaban J connectivity index is 2.30. The van der Waals surface area contributed by atoms with Crippen LogP contribution in [0.1, 0.15) is 30.1 Å². The van der Waals surface area contributed by atoms with Gasteiger partial charge in [-0.15, -0.1) is 0 Å². The molecule has 1 heterocycles. The van der Waals surface area contributed by atoms with Crippen molar-refractivity contribution in [2.45, 2.75) is 26.3 Å². The molecule has 2 rings (SSSR count). The number of nitrogens with zero attached hydrogens (tertiary/aromatic N) is 2. The van der Waals surface area contributed by atoms with Crippen LogP contribution in [0.25, 0.3) is 11.1 Å². The van der Waals surface area contributed by atoms with Gasteiger partial charge in [-0.2, -0.15) is 5.10 Å². The Morgan fingerprint density at radius 3 is 3.00 bits per heavy atom. The maximum absolute atomic E-state index is 13.7. The molecule has 0 atom stereocenters. The van der Waals surface area contributed by atoms with Crippen molar-refractivity contribution in [2.24, 2.45) is 0 Å². The molecule has 0 aliphatic heterocycles. The maximum atomic E-state index is 13.7. The smallest absolute Gasteiger partial charge is 0.150 e. The van der Waals surface area contributed by atoms with Crippen molar-refractivity contribution >= 4 is 6.29 Å². The number of halogens is 1. The van der Waals surface area contributed by atoms with E-state index in [2.05, 4.69) is 12.0 Å². The zero-order valence-electron chi connectivity index (χ0n) is 10.3. The Morgan fingerprint density at radius 2 is 2.28 bits per heavy atom. The van der Waals surface area contributed by atoms with Crippen LogP contribution in [-0.4, -0.2) is 16.1 Å². The van der Waals surface area contributed by atoms with Crippen LogP contribution in [-0.2, 0) is 6.54 Å². The number of carbonyl (C=O) groups is 1. The second kappa shape index (κ2) is 5.58. The predicted octanol–water partition coefficient (Wildman–Crippen LogP) is 3.30. The highest BCUT2D eigenvalue weighted by Crippen LogP contribution is 2.23. The topological polar surface area (TPSA) is 34.9 Å². The largest absolute Gasteiger partial charge is 0.298 e. The molecule has 18 heavy (non-hydrogen) atoms. The molecule has 0 unspecified atom stereocenters. The summed E-state index contributed by atoms with van der Waals surface area (Å²) in [6, 6.07) is 4.32. The lowest BCUT2D eigenvalue weighted by Crippen LogP contribution is -1.96. The first kappa shape index (κ1) is 12.5. The van der Waals surface area contributed by atoms with Gasteiger partial charge in [0.2, 0.25) is 0 Å². The second-order valence-corrected chi connectivity index (χ2v) is 4.20. The van der Waals surface area contributed by atoms with E-state index in [1.807, 2.05) is 6.20 Å². The molecule has 1 aromatic carbocycles. The van der Waals surface area contributed by atoms with Crippen LogP contribution in [0.3, 0.4) is 0 Å². The quantitative estimate of drug-likeness (QED) is 0.759. The average molecular weight is 246 g/mol. The van der Waals surface area contributed by atoms with Gasteiger partial charge in [0.1, 0.15) is 12.1 Å². The summed E-state index contributed by atoms with van der Waals surface area (Å²) >= 11 is 0. The van der Waals surface area contributed by atoms with Crippen molar-refractivity contribution in [3.05, 3.63) is 42.0 Å². The zero-order chi connectivity index (χ0) is 13.0. The van der Waals surface area contributed by atoms with Crippen LogP contribution in [0, 0.1) is 5.82 Å². The summed E-state index contributed by atoms with van der Waals surface area (Å²) in [6.07, 6.45) is 6.28. The van der Waals surface area contributed by atoms with Crippen molar-refractivity contribution in [2.75, 3.05) is 0 Å². The first-order valence-corrected chi connectivity index (χ1v) is 6.02. The highest BCUT2D eigenvalue weighted by Gasteiger charge is 2.08. The third-order valence-corrected chi connectivity index (χ3v) is 2.81. The Kier molecular flexibility index (Phi) is 3.87. The molecule has 3 nitrogen and oxygen atoms in total. The lowest BCUT2D eigenvalue weighted by Gasteiger charge is -2.01. The molecule has 4 heteroatoms. The van der Waals surface area contributed by atoms with Crippen molar-refractivity contribution in [3.63, 3.8) is 0 Å². The molecular formula is C14H15FN2O. The van der Waals surface area contributed by atoms with E-state index < -0.39 is 0 Å². The van der Waals surface area contributed by atoms with Gasteiger partial charge >= 0.3 is 0 Å². The summed E-state index contributed by atoms with van der Waals surface area (Å²) in [5.74, 6) is -0.337. The Labute approximate surface area is 105 Å². The number of unbranched alkanes of at least 4 members (excludes halogenated alkanes) is 1. The number of hydrogen-bond acceptors (Lipinski definition) is 2. The van der Waals surface area contributed by atoms with Crippen LogP contribution in [0.4, 0.5) is 4.39 Å². The first-order valence-electron chi connectivity index (χ1n) is 6.02. The Morgan fingerprint density at radius 1 is 1.44 bits per heavy atom. The lowest BCUT2D eigenvalue weighted by molar-refractivity contribution is 0.112. The van der Waals surface area contributed by atoms with Crippen LogP contribution in [0.15, 0.2) is 30.6 Å². The molecule has 0 amide bonds. The molecule has 0 saturated heterocycles. The summed E-state index contributed by atoms with van der Waals surface area (Å²) in [7, 11) is 0. The molecule has 0 N–H and O–H groups in total. The SMILES string of the molecule is CCCCn1cc(-c2cc(C=O)ccc2F)cn1. The highest BCUT2D eigenvalue weighted by atomic mass is 19.1. The summed E-state index contributed by atoms with van der Waals surface area (Å²) in [6.45, 7) is 2.93. The molecule has 0 saturated carbocycles. The number of hydrogen-bond donors (Lipinski definition) is 0. The van der Waals surface area contributed by atoms with Gasteiger partial charge < -0.3 is 0 Å². The highest BCUT2D eigenvalue weighted by molar-refractivity contribution is 5.78. The van der Waals surface area contributed by atoms with Crippen LogP contribution in [0.2, 0.25) is 0 Å². The molecule has 2 aromatic rings. The lowest BCUT2D eigenvalue weighted by atomic mass is 10.1. The normalized spacial score (nSPS) is 10.6. The molecule has 0 aliphatic rings. The van der Waals surface area contributed by atoms with Gasteiger partial charge in [-0.3, -0.25) is 9.48 Å². The van der Waals surface area contributed by atoms with Gasteiger partial charge in [-0.25, -0.2) is 4.39 Å². The molecule has 0 spiro atoms. The Bertz CT molecular complexity index is 548. The van der Waals surface area contributed by atoms with Crippen molar-refractivity contribution < 1.29 is 9.18 Å². The molecular weight excluding hydrogens is 231 g/mol.